The van der Waals surface area contributed by atoms with Crippen molar-refractivity contribution in [2.75, 3.05) is 32.8 Å². The predicted octanol–water partition coefficient (Wildman–Crippen LogP) is 2.80. The van der Waals surface area contributed by atoms with Crippen LogP contribution in [0.2, 0.25) is 0 Å². The van der Waals surface area contributed by atoms with Gasteiger partial charge in [-0.3, -0.25) is 4.57 Å². The molecule has 1 aromatic carbocycles. The van der Waals surface area contributed by atoms with Gasteiger partial charge in [0.2, 0.25) is 0 Å². The van der Waals surface area contributed by atoms with Crippen molar-refractivity contribution in [3.8, 4) is 0 Å². The Morgan fingerprint density at radius 3 is 2.32 bits per heavy atom. The van der Waals surface area contributed by atoms with E-state index in [1.165, 1.54) is 0 Å². The van der Waals surface area contributed by atoms with Gasteiger partial charge in [0, 0.05) is 0 Å². The molecule has 0 bridgehead atoms. The summed E-state index contributed by atoms with van der Waals surface area (Å²) in [5, 5.41) is 9.30. The SMILES string of the molecule is CCOP(=O)(CO[C@H](CO)COCc1ccccc1)OCC. The van der Waals surface area contributed by atoms with E-state index in [0.29, 0.717) is 6.61 Å². The molecule has 0 aromatic heterocycles. The van der Waals surface area contributed by atoms with Crippen molar-refractivity contribution in [3.63, 3.8) is 0 Å². The zero-order chi connectivity index (χ0) is 16.3. The molecule has 0 aliphatic carbocycles. The Labute approximate surface area is 131 Å². The number of hydrogen-bond acceptors (Lipinski definition) is 6. The van der Waals surface area contributed by atoms with Crippen LogP contribution in [-0.2, 0) is 29.7 Å². The summed E-state index contributed by atoms with van der Waals surface area (Å²) in [7, 11) is -3.27. The van der Waals surface area contributed by atoms with Gasteiger partial charge in [0.05, 0.1) is 33.0 Å². The molecule has 1 rings (SSSR count). The number of benzene rings is 1. The first-order valence-electron chi connectivity index (χ1n) is 7.35. The van der Waals surface area contributed by atoms with Crippen molar-refractivity contribution in [2.45, 2.75) is 26.6 Å². The van der Waals surface area contributed by atoms with Gasteiger partial charge in [0.15, 0.2) is 0 Å². The normalized spacial score (nSPS) is 13.2. The van der Waals surface area contributed by atoms with E-state index in [-0.39, 0.29) is 32.8 Å². The second kappa shape index (κ2) is 10.9. The highest BCUT2D eigenvalue weighted by Crippen LogP contribution is 2.48. The Bertz CT molecular complexity index is 429. The lowest BCUT2D eigenvalue weighted by atomic mass is 10.2. The predicted molar refractivity (Wildman–Crippen MR) is 83.8 cm³/mol. The van der Waals surface area contributed by atoms with Gasteiger partial charge < -0.3 is 23.6 Å². The van der Waals surface area contributed by atoms with E-state index in [1.54, 1.807) is 13.8 Å². The summed E-state index contributed by atoms with van der Waals surface area (Å²) < 4.78 is 33.4. The molecule has 6 nitrogen and oxygen atoms in total. The number of aliphatic hydroxyl groups excluding tert-OH is 1. The minimum atomic E-state index is -3.27. The molecule has 0 saturated heterocycles. The highest BCUT2D eigenvalue weighted by atomic mass is 31.2. The van der Waals surface area contributed by atoms with Crippen LogP contribution in [0.3, 0.4) is 0 Å². The van der Waals surface area contributed by atoms with Crippen LogP contribution in [0.1, 0.15) is 19.4 Å². The molecule has 0 heterocycles. The molecule has 0 aliphatic heterocycles. The Morgan fingerprint density at radius 1 is 1.14 bits per heavy atom. The minimum Gasteiger partial charge on any atom is -0.394 e. The average Bonchev–Trinajstić information content (AvgIpc) is 2.52. The first-order valence-corrected chi connectivity index (χ1v) is 9.08. The van der Waals surface area contributed by atoms with Crippen molar-refractivity contribution in [1.29, 1.82) is 0 Å². The fourth-order valence-electron chi connectivity index (χ4n) is 1.74. The lowest BCUT2D eigenvalue weighted by molar-refractivity contribution is -0.0369. The second-order valence-corrected chi connectivity index (χ2v) is 6.54. The van der Waals surface area contributed by atoms with E-state index < -0.39 is 13.7 Å². The van der Waals surface area contributed by atoms with Crippen LogP contribution in [0.25, 0.3) is 0 Å². The Hall–Kier alpha value is -0.750. The van der Waals surface area contributed by atoms with Crippen molar-refractivity contribution in [2.24, 2.45) is 0 Å². The van der Waals surface area contributed by atoms with Crippen LogP contribution in [-0.4, -0.2) is 44.0 Å². The van der Waals surface area contributed by atoms with Gasteiger partial charge in [0.25, 0.3) is 0 Å². The third-order valence-electron chi connectivity index (χ3n) is 2.74. The van der Waals surface area contributed by atoms with Crippen LogP contribution in [0.4, 0.5) is 0 Å². The van der Waals surface area contributed by atoms with Crippen molar-refractivity contribution in [3.05, 3.63) is 35.9 Å². The van der Waals surface area contributed by atoms with Crippen LogP contribution in [0, 0.1) is 0 Å². The minimum absolute atomic E-state index is 0.198. The molecule has 0 aliphatic rings. The number of rotatable bonds is 12. The molecule has 0 spiro atoms. The quantitative estimate of drug-likeness (QED) is 0.593. The zero-order valence-corrected chi connectivity index (χ0v) is 14.0. The second-order valence-electron chi connectivity index (χ2n) is 4.55. The smallest absolute Gasteiger partial charge is 0.356 e. The van der Waals surface area contributed by atoms with E-state index >= 15 is 0 Å². The molecule has 0 radical (unpaired) electrons. The van der Waals surface area contributed by atoms with Crippen LogP contribution in [0.5, 0.6) is 0 Å². The third-order valence-corrected chi connectivity index (χ3v) is 4.51. The van der Waals surface area contributed by atoms with Crippen molar-refractivity contribution < 1.29 is 28.2 Å². The summed E-state index contributed by atoms with van der Waals surface area (Å²) in [4.78, 5) is 0. The van der Waals surface area contributed by atoms with E-state index in [4.69, 9.17) is 18.5 Å². The zero-order valence-electron chi connectivity index (χ0n) is 13.1. The highest BCUT2D eigenvalue weighted by molar-refractivity contribution is 7.53. The van der Waals surface area contributed by atoms with Gasteiger partial charge in [0.1, 0.15) is 12.5 Å². The third kappa shape index (κ3) is 7.49. The van der Waals surface area contributed by atoms with Crippen LogP contribution in [0.15, 0.2) is 30.3 Å². The summed E-state index contributed by atoms with van der Waals surface area (Å²) in [5.41, 5.74) is 1.04. The van der Waals surface area contributed by atoms with E-state index in [0.717, 1.165) is 5.56 Å². The van der Waals surface area contributed by atoms with E-state index in [1.807, 2.05) is 30.3 Å². The monoisotopic (exact) mass is 332 g/mol. The number of hydrogen-bond donors (Lipinski definition) is 1. The lowest BCUT2D eigenvalue weighted by Gasteiger charge is -2.21. The Balaban J connectivity index is 2.36. The fourth-order valence-corrected chi connectivity index (χ4v) is 3.14. The molecule has 1 N–H and O–H groups in total. The van der Waals surface area contributed by atoms with Gasteiger partial charge >= 0.3 is 7.60 Å². The highest BCUT2D eigenvalue weighted by Gasteiger charge is 2.25. The molecular weight excluding hydrogens is 307 g/mol. The maximum absolute atomic E-state index is 12.2. The standard InChI is InChI=1S/C15H25O6P/c1-3-20-22(17,21-4-2)13-19-15(10-16)12-18-11-14-8-6-5-7-9-14/h5-9,15-16H,3-4,10-13H2,1-2H3/t15-/m1/s1. The van der Waals surface area contributed by atoms with E-state index in [9.17, 15) is 9.67 Å². The molecular formula is C15H25O6P. The molecule has 1 atom stereocenters. The molecule has 7 heteroatoms. The molecule has 126 valence electrons. The first-order chi connectivity index (χ1) is 10.6. The Morgan fingerprint density at radius 2 is 1.77 bits per heavy atom. The first kappa shape index (κ1) is 19.3. The van der Waals surface area contributed by atoms with Crippen LogP contribution >= 0.6 is 7.60 Å². The largest absolute Gasteiger partial charge is 0.394 e. The van der Waals surface area contributed by atoms with Gasteiger partial charge in [-0.25, -0.2) is 0 Å². The molecule has 0 saturated carbocycles. The van der Waals surface area contributed by atoms with Gasteiger partial charge in [-0.1, -0.05) is 30.3 Å². The fraction of sp³-hybridized carbons (Fsp3) is 0.600. The lowest BCUT2D eigenvalue weighted by Crippen LogP contribution is -2.25. The average molecular weight is 332 g/mol. The topological polar surface area (TPSA) is 74.2 Å². The molecule has 0 amide bonds. The van der Waals surface area contributed by atoms with Gasteiger partial charge in [-0.15, -0.1) is 0 Å². The summed E-state index contributed by atoms with van der Waals surface area (Å²) in [6.07, 6.45) is -0.771. The van der Waals surface area contributed by atoms with Gasteiger partial charge in [-0.2, -0.15) is 0 Å². The van der Waals surface area contributed by atoms with Crippen molar-refractivity contribution >= 4 is 7.60 Å². The summed E-state index contributed by atoms with van der Waals surface area (Å²) in [6.45, 7) is 4.41. The van der Waals surface area contributed by atoms with Crippen LogP contribution < -0.4 is 0 Å². The molecule has 1 aromatic rings. The number of ether oxygens (including phenoxy) is 2. The van der Waals surface area contributed by atoms with Gasteiger partial charge in [-0.05, 0) is 19.4 Å². The van der Waals surface area contributed by atoms with E-state index in [2.05, 4.69) is 0 Å². The maximum atomic E-state index is 12.2. The number of aliphatic hydroxyl groups is 1. The summed E-state index contributed by atoms with van der Waals surface area (Å²) in [6, 6.07) is 9.70. The molecule has 22 heavy (non-hydrogen) atoms. The molecule has 0 unspecified atom stereocenters. The molecule has 0 fully saturated rings. The summed E-state index contributed by atoms with van der Waals surface area (Å²) >= 11 is 0. The van der Waals surface area contributed by atoms with Crippen molar-refractivity contribution in [1.82, 2.24) is 0 Å². The summed E-state index contributed by atoms with van der Waals surface area (Å²) in [5.74, 6) is 0. The maximum Gasteiger partial charge on any atom is 0.356 e. The Kier molecular flexibility index (Phi) is 9.55.